The number of anilines is 1. The van der Waals surface area contributed by atoms with Crippen LogP contribution in [0.2, 0.25) is 5.02 Å². The summed E-state index contributed by atoms with van der Waals surface area (Å²) in [6.07, 6.45) is 0.578. The van der Waals surface area contributed by atoms with Gasteiger partial charge in [-0.3, -0.25) is 4.79 Å². The van der Waals surface area contributed by atoms with Crippen LogP contribution in [0, 0.1) is 0 Å². The van der Waals surface area contributed by atoms with Crippen LogP contribution in [0.1, 0.15) is 6.42 Å². The lowest BCUT2D eigenvalue weighted by atomic mass is 10.2. The Morgan fingerprint density at radius 2 is 2.29 bits per heavy atom. The van der Waals surface area contributed by atoms with Gasteiger partial charge in [-0.05, 0) is 24.6 Å². The Kier molecular flexibility index (Phi) is 5.33. The van der Waals surface area contributed by atoms with Crippen molar-refractivity contribution in [2.24, 2.45) is 0 Å². The van der Waals surface area contributed by atoms with Gasteiger partial charge < -0.3 is 20.1 Å². The summed E-state index contributed by atoms with van der Waals surface area (Å²) < 4.78 is 33.6. The quantitative estimate of drug-likeness (QED) is 0.873. The van der Waals surface area contributed by atoms with Gasteiger partial charge in [-0.25, -0.2) is 0 Å². The molecule has 116 valence electrons. The number of rotatable bonds is 5. The van der Waals surface area contributed by atoms with Gasteiger partial charge in [0.2, 0.25) is 5.91 Å². The van der Waals surface area contributed by atoms with Gasteiger partial charge in [0.25, 0.3) is 0 Å². The van der Waals surface area contributed by atoms with Crippen LogP contribution in [0.5, 0.6) is 5.75 Å². The van der Waals surface area contributed by atoms with E-state index in [1.165, 1.54) is 18.2 Å². The van der Waals surface area contributed by atoms with Crippen LogP contribution in [0.15, 0.2) is 18.2 Å². The first kappa shape index (κ1) is 15.9. The fraction of sp³-hybridized carbons (Fsp3) is 0.462. The van der Waals surface area contributed by atoms with Crippen molar-refractivity contribution in [3.05, 3.63) is 23.2 Å². The summed E-state index contributed by atoms with van der Waals surface area (Å²) in [5.74, 6) is -0.365. The molecule has 0 aromatic heterocycles. The molecule has 5 nitrogen and oxygen atoms in total. The van der Waals surface area contributed by atoms with E-state index in [1.54, 1.807) is 7.11 Å². The monoisotopic (exact) mass is 320 g/mol. The maximum Gasteiger partial charge on any atom is 0.387 e. The third-order valence-electron chi connectivity index (χ3n) is 3.16. The maximum absolute atomic E-state index is 12.1. The molecular weight excluding hydrogens is 306 g/mol. The Balaban J connectivity index is 1.97. The molecule has 1 aromatic rings. The Hall–Kier alpha value is -1.44. The summed E-state index contributed by atoms with van der Waals surface area (Å²) in [7, 11) is 1.59. The largest absolute Gasteiger partial charge is 0.433 e. The zero-order chi connectivity index (χ0) is 15.4. The van der Waals surface area contributed by atoms with Crippen LogP contribution in [0.4, 0.5) is 14.5 Å². The first-order chi connectivity index (χ1) is 9.99. The van der Waals surface area contributed by atoms with Crippen LogP contribution < -0.4 is 15.4 Å². The number of amides is 1. The average molecular weight is 321 g/mol. The van der Waals surface area contributed by atoms with Crippen molar-refractivity contribution in [3.8, 4) is 5.75 Å². The molecule has 2 rings (SSSR count). The normalized spacial score (nSPS) is 21.6. The van der Waals surface area contributed by atoms with Gasteiger partial charge in [-0.1, -0.05) is 11.6 Å². The topological polar surface area (TPSA) is 59.6 Å². The van der Waals surface area contributed by atoms with Crippen molar-refractivity contribution >= 4 is 23.2 Å². The molecule has 2 N–H and O–H groups in total. The third-order valence-corrected chi connectivity index (χ3v) is 3.45. The lowest BCUT2D eigenvalue weighted by molar-refractivity contribution is -0.118. The van der Waals surface area contributed by atoms with E-state index in [0.717, 1.165) is 0 Å². The van der Waals surface area contributed by atoms with Crippen molar-refractivity contribution in [1.82, 2.24) is 5.32 Å². The Morgan fingerprint density at radius 1 is 1.52 bits per heavy atom. The second-order valence-electron chi connectivity index (χ2n) is 4.57. The zero-order valence-electron chi connectivity index (χ0n) is 11.2. The highest BCUT2D eigenvalue weighted by Gasteiger charge is 2.29. The lowest BCUT2D eigenvalue weighted by Crippen LogP contribution is -2.35. The van der Waals surface area contributed by atoms with E-state index in [4.69, 9.17) is 16.3 Å². The second-order valence-corrected chi connectivity index (χ2v) is 4.97. The Labute approximate surface area is 125 Å². The third kappa shape index (κ3) is 4.26. The Morgan fingerprint density at radius 3 is 2.86 bits per heavy atom. The van der Waals surface area contributed by atoms with Crippen molar-refractivity contribution in [3.63, 3.8) is 0 Å². The fourth-order valence-corrected chi connectivity index (χ4v) is 2.31. The molecular formula is C13H15ClF2N2O3. The number of hydrogen-bond donors (Lipinski definition) is 2. The van der Waals surface area contributed by atoms with Crippen molar-refractivity contribution in [2.75, 3.05) is 19.0 Å². The van der Waals surface area contributed by atoms with Gasteiger partial charge in [-0.2, -0.15) is 8.78 Å². The molecule has 21 heavy (non-hydrogen) atoms. The van der Waals surface area contributed by atoms with Crippen LogP contribution in [-0.4, -0.2) is 38.3 Å². The number of halogens is 3. The number of methoxy groups -OCH3 is 1. The van der Waals surface area contributed by atoms with Crippen molar-refractivity contribution in [2.45, 2.75) is 25.2 Å². The lowest BCUT2D eigenvalue weighted by Gasteiger charge is -2.13. The molecule has 1 aromatic carbocycles. The first-order valence-corrected chi connectivity index (χ1v) is 6.68. The van der Waals surface area contributed by atoms with Gasteiger partial charge in [0, 0.05) is 19.3 Å². The minimum Gasteiger partial charge on any atom is -0.433 e. The molecule has 1 saturated heterocycles. The highest BCUT2D eigenvalue weighted by Crippen LogP contribution is 2.29. The van der Waals surface area contributed by atoms with Crippen molar-refractivity contribution < 1.29 is 23.0 Å². The summed E-state index contributed by atoms with van der Waals surface area (Å²) in [6.45, 7) is -2.34. The molecule has 0 bridgehead atoms. The number of carbonyl (C=O) groups is 1. The molecule has 1 aliphatic heterocycles. The van der Waals surface area contributed by atoms with Gasteiger partial charge in [0.05, 0.1) is 17.2 Å². The molecule has 0 saturated carbocycles. The number of benzene rings is 1. The van der Waals surface area contributed by atoms with Gasteiger partial charge in [0.1, 0.15) is 5.75 Å². The van der Waals surface area contributed by atoms with Crippen LogP contribution >= 0.6 is 11.6 Å². The number of alkyl halides is 2. The minimum absolute atomic E-state index is 0.00208. The molecule has 1 fully saturated rings. The van der Waals surface area contributed by atoms with Crippen molar-refractivity contribution in [1.29, 1.82) is 0 Å². The summed E-state index contributed by atoms with van der Waals surface area (Å²) >= 11 is 5.82. The molecule has 0 spiro atoms. The summed E-state index contributed by atoms with van der Waals surface area (Å²) in [6, 6.07) is 3.74. The molecule has 1 amide bonds. The number of carbonyl (C=O) groups excluding carboxylic acids is 1. The fourth-order valence-electron chi connectivity index (χ4n) is 2.08. The molecule has 0 radical (unpaired) electrons. The van der Waals surface area contributed by atoms with Gasteiger partial charge in [-0.15, -0.1) is 0 Å². The number of hydrogen-bond acceptors (Lipinski definition) is 4. The van der Waals surface area contributed by atoms with E-state index in [0.29, 0.717) is 18.7 Å². The van der Waals surface area contributed by atoms with Crippen LogP contribution in [0.25, 0.3) is 0 Å². The highest BCUT2D eigenvalue weighted by molar-refractivity contribution is 6.32. The summed E-state index contributed by atoms with van der Waals surface area (Å²) in [4.78, 5) is 12.0. The summed E-state index contributed by atoms with van der Waals surface area (Å²) in [5, 5.41) is 5.70. The predicted octanol–water partition coefficient (Wildman–Crippen LogP) is 2.26. The molecule has 2 unspecified atom stereocenters. The molecule has 1 heterocycles. The minimum atomic E-state index is -2.95. The average Bonchev–Trinajstić information content (AvgIpc) is 2.90. The van der Waals surface area contributed by atoms with E-state index in [9.17, 15) is 13.6 Å². The number of nitrogens with one attached hydrogen (secondary N) is 2. The first-order valence-electron chi connectivity index (χ1n) is 6.31. The van der Waals surface area contributed by atoms with E-state index >= 15 is 0 Å². The van der Waals surface area contributed by atoms with Gasteiger partial charge in [0.15, 0.2) is 0 Å². The van der Waals surface area contributed by atoms with Crippen LogP contribution in [-0.2, 0) is 9.53 Å². The highest BCUT2D eigenvalue weighted by atomic mass is 35.5. The van der Waals surface area contributed by atoms with E-state index in [1.807, 2.05) is 0 Å². The molecule has 1 aliphatic rings. The SMILES string of the molecule is COC1CNC(C(=O)Nc2ccc(OC(F)F)c(Cl)c2)C1. The molecule has 8 heteroatoms. The van der Waals surface area contributed by atoms with E-state index in [2.05, 4.69) is 15.4 Å². The van der Waals surface area contributed by atoms with Crippen LogP contribution in [0.3, 0.4) is 0 Å². The zero-order valence-corrected chi connectivity index (χ0v) is 12.0. The second kappa shape index (κ2) is 7.02. The van der Waals surface area contributed by atoms with E-state index < -0.39 is 6.61 Å². The standard InChI is InChI=1S/C13H15ClF2N2O3/c1-20-8-5-10(17-6-8)12(19)18-7-2-3-11(9(14)4-7)21-13(15)16/h2-4,8,10,13,17H,5-6H2,1H3,(H,18,19). The smallest absolute Gasteiger partial charge is 0.387 e. The number of ether oxygens (including phenoxy) is 2. The Bertz CT molecular complexity index is 516. The maximum atomic E-state index is 12.1. The molecule has 2 atom stereocenters. The summed E-state index contributed by atoms with van der Waals surface area (Å²) in [5.41, 5.74) is 0.411. The predicted molar refractivity (Wildman–Crippen MR) is 73.9 cm³/mol. The van der Waals surface area contributed by atoms with Gasteiger partial charge >= 0.3 is 6.61 Å². The molecule has 0 aliphatic carbocycles. The van der Waals surface area contributed by atoms with E-state index in [-0.39, 0.29) is 28.8 Å².